The van der Waals surface area contributed by atoms with Crippen LogP contribution in [0.3, 0.4) is 0 Å². The average Bonchev–Trinajstić information content (AvgIpc) is 3.09. The summed E-state index contributed by atoms with van der Waals surface area (Å²) in [6.45, 7) is -1.29. The van der Waals surface area contributed by atoms with Crippen LogP contribution in [-0.2, 0) is 42.7 Å². The van der Waals surface area contributed by atoms with Crippen molar-refractivity contribution in [2.45, 2.75) is 137 Å². The second kappa shape index (κ2) is 18.0. The second-order valence-corrected chi connectivity index (χ2v) is 12.6. The number of aliphatic hydroxyl groups is 12. The molecular weight excluding hydrogens is 700 g/mol. The Morgan fingerprint density at radius 1 is 0.471 bits per heavy atom. The van der Waals surface area contributed by atoms with Crippen molar-refractivity contribution in [2.24, 2.45) is 0 Å². The Balaban J connectivity index is 1.58. The minimum absolute atomic E-state index is 0.681. The van der Waals surface area contributed by atoms with E-state index in [1.54, 1.807) is 0 Å². The van der Waals surface area contributed by atoms with Crippen LogP contribution in [0, 0.1) is 0 Å². The van der Waals surface area contributed by atoms with E-state index in [0.29, 0.717) is 0 Å². The highest BCUT2D eigenvalue weighted by Gasteiger charge is 2.56. The monoisotopic (exact) mass is 748 g/mol. The first-order valence-electron chi connectivity index (χ1n) is 16.1. The van der Waals surface area contributed by atoms with E-state index in [-0.39, 0.29) is 0 Å². The molecule has 20 atom stereocenters. The Labute approximate surface area is 289 Å². The lowest BCUT2D eigenvalue weighted by atomic mass is 9.94. The van der Waals surface area contributed by atoms with E-state index in [0.717, 1.165) is 13.8 Å². The van der Waals surface area contributed by atoms with Crippen molar-refractivity contribution >= 4 is 11.8 Å². The van der Waals surface area contributed by atoms with Gasteiger partial charge >= 0.3 is 0 Å². The summed E-state index contributed by atoms with van der Waals surface area (Å²) in [5.74, 6) is -1.44. The van der Waals surface area contributed by atoms with E-state index in [4.69, 9.17) is 33.2 Å². The van der Waals surface area contributed by atoms with Crippen LogP contribution in [0.1, 0.15) is 13.8 Å². The molecule has 2 amide bonds. The smallest absolute Gasteiger partial charge is 0.217 e. The Kier molecular flexibility index (Phi) is 14.8. The van der Waals surface area contributed by atoms with Crippen molar-refractivity contribution in [3.63, 3.8) is 0 Å². The summed E-state index contributed by atoms with van der Waals surface area (Å²) in [6.07, 6.45) is -31.5. The maximum atomic E-state index is 12.3. The number of hydrogen-bond donors (Lipinski definition) is 14. The largest absolute Gasteiger partial charge is 0.394 e. The number of carbonyl (C=O) groups is 2. The lowest BCUT2D eigenvalue weighted by Crippen LogP contribution is -2.70. The highest BCUT2D eigenvalue weighted by molar-refractivity contribution is 5.73. The molecule has 0 aromatic heterocycles. The molecule has 0 aliphatic carbocycles. The molecule has 4 aliphatic rings. The number of rotatable bonds is 12. The number of amides is 2. The Morgan fingerprint density at radius 2 is 0.863 bits per heavy atom. The summed E-state index contributed by atoms with van der Waals surface area (Å²) in [7, 11) is 0. The molecule has 51 heavy (non-hydrogen) atoms. The van der Waals surface area contributed by atoms with Crippen molar-refractivity contribution in [2.75, 3.05) is 26.4 Å². The zero-order valence-corrected chi connectivity index (χ0v) is 27.4. The lowest BCUT2D eigenvalue weighted by Gasteiger charge is -2.50. The molecular formula is C28H48N2O21. The van der Waals surface area contributed by atoms with E-state index >= 15 is 0 Å². The quantitative estimate of drug-likeness (QED) is 0.0881. The van der Waals surface area contributed by atoms with Crippen LogP contribution in [-0.4, -0.2) is 222 Å². The molecule has 0 spiro atoms. The molecule has 4 fully saturated rings. The van der Waals surface area contributed by atoms with Gasteiger partial charge in [0.1, 0.15) is 97.5 Å². The summed E-state index contributed by atoms with van der Waals surface area (Å²) < 4.78 is 39.2. The lowest BCUT2D eigenvalue weighted by molar-refractivity contribution is -0.374. The minimum atomic E-state index is -2.06. The number of nitrogens with one attached hydrogen (secondary N) is 2. The van der Waals surface area contributed by atoms with Gasteiger partial charge in [0.05, 0.1) is 26.4 Å². The third-order valence-electron chi connectivity index (χ3n) is 9.01. The first kappa shape index (κ1) is 41.9. The average molecular weight is 749 g/mol. The fraction of sp³-hybridized carbons (Fsp3) is 0.929. The van der Waals surface area contributed by atoms with Crippen LogP contribution in [0.2, 0.25) is 0 Å². The van der Waals surface area contributed by atoms with Gasteiger partial charge in [0.25, 0.3) is 0 Å². The van der Waals surface area contributed by atoms with E-state index in [2.05, 4.69) is 10.6 Å². The van der Waals surface area contributed by atoms with E-state index in [1.165, 1.54) is 0 Å². The van der Waals surface area contributed by atoms with Gasteiger partial charge in [-0.3, -0.25) is 9.59 Å². The molecule has 0 bridgehead atoms. The van der Waals surface area contributed by atoms with Crippen molar-refractivity contribution in [1.82, 2.24) is 10.6 Å². The summed E-state index contributed by atoms with van der Waals surface area (Å²) in [4.78, 5) is 24.1. The molecule has 296 valence electrons. The molecule has 0 aromatic carbocycles. The molecule has 23 nitrogen and oxygen atoms in total. The fourth-order valence-electron chi connectivity index (χ4n) is 6.35. The predicted molar refractivity (Wildman–Crippen MR) is 157 cm³/mol. The third-order valence-corrected chi connectivity index (χ3v) is 9.01. The van der Waals surface area contributed by atoms with Crippen LogP contribution in [0.5, 0.6) is 0 Å². The topological polar surface area (TPSA) is 366 Å². The van der Waals surface area contributed by atoms with Crippen LogP contribution in [0.25, 0.3) is 0 Å². The molecule has 2 unspecified atom stereocenters. The molecule has 14 N–H and O–H groups in total. The number of hydrogen-bond acceptors (Lipinski definition) is 21. The molecule has 0 aromatic rings. The van der Waals surface area contributed by atoms with Gasteiger partial charge in [-0.1, -0.05) is 0 Å². The third kappa shape index (κ3) is 9.11. The van der Waals surface area contributed by atoms with E-state index < -0.39 is 161 Å². The summed E-state index contributed by atoms with van der Waals surface area (Å²) in [5, 5.41) is 130. The second-order valence-electron chi connectivity index (χ2n) is 12.6. The maximum Gasteiger partial charge on any atom is 0.217 e. The van der Waals surface area contributed by atoms with Crippen molar-refractivity contribution in [3.8, 4) is 0 Å². The molecule has 4 rings (SSSR count). The van der Waals surface area contributed by atoms with Crippen molar-refractivity contribution in [1.29, 1.82) is 0 Å². The highest BCUT2D eigenvalue weighted by Crippen LogP contribution is 2.34. The van der Waals surface area contributed by atoms with Crippen LogP contribution in [0.4, 0.5) is 0 Å². The van der Waals surface area contributed by atoms with Crippen LogP contribution < -0.4 is 10.6 Å². The van der Waals surface area contributed by atoms with Crippen LogP contribution >= 0.6 is 0 Å². The van der Waals surface area contributed by atoms with Gasteiger partial charge in [-0.2, -0.15) is 0 Å². The SMILES string of the molecule is CC(=O)N[C@H]1C(O)O[C@H](CO)[C@H](O)C1O[C@@H]1O[C@H](CO)[C@@H](O[C@@H]2O[C@H](CO)[C@H](O)[C@H](O[C@@H]3O[C@H](CO)[C@@H](O)[C@H](O)[C@H]3O)[C@H]2NC(C)=O)[C@H](O)[C@H]1O. The normalized spacial score (nSPS) is 47.8. The van der Waals surface area contributed by atoms with Gasteiger partial charge < -0.3 is 105 Å². The van der Waals surface area contributed by atoms with Gasteiger partial charge in [-0.15, -0.1) is 0 Å². The van der Waals surface area contributed by atoms with Crippen LogP contribution in [0.15, 0.2) is 0 Å². The summed E-state index contributed by atoms with van der Waals surface area (Å²) in [5.41, 5.74) is 0. The Morgan fingerprint density at radius 3 is 1.37 bits per heavy atom. The number of ether oxygens (including phenoxy) is 7. The molecule has 4 heterocycles. The summed E-state index contributed by atoms with van der Waals surface area (Å²) in [6, 6.07) is -3.05. The molecule has 4 saturated heterocycles. The van der Waals surface area contributed by atoms with E-state index in [1.807, 2.05) is 0 Å². The minimum Gasteiger partial charge on any atom is -0.394 e. The summed E-state index contributed by atoms with van der Waals surface area (Å²) >= 11 is 0. The maximum absolute atomic E-state index is 12.3. The van der Waals surface area contributed by atoms with Gasteiger partial charge in [0.15, 0.2) is 25.2 Å². The zero-order chi connectivity index (χ0) is 37.9. The van der Waals surface area contributed by atoms with Gasteiger partial charge in [-0.05, 0) is 0 Å². The number of aliphatic hydroxyl groups excluding tert-OH is 12. The Hall–Kier alpha value is -1.82. The van der Waals surface area contributed by atoms with Gasteiger partial charge in [0.2, 0.25) is 11.8 Å². The number of carbonyl (C=O) groups excluding carboxylic acids is 2. The van der Waals surface area contributed by atoms with Crippen molar-refractivity contribution < 1.29 is 104 Å². The fourth-order valence-corrected chi connectivity index (χ4v) is 6.35. The first-order valence-corrected chi connectivity index (χ1v) is 16.1. The van der Waals surface area contributed by atoms with Crippen molar-refractivity contribution in [3.05, 3.63) is 0 Å². The predicted octanol–water partition coefficient (Wildman–Crippen LogP) is -9.46. The Bertz CT molecular complexity index is 1140. The molecule has 0 radical (unpaired) electrons. The van der Waals surface area contributed by atoms with E-state index in [9.17, 15) is 70.9 Å². The highest BCUT2D eigenvalue weighted by atomic mass is 16.8. The van der Waals surface area contributed by atoms with Gasteiger partial charge in [0, 0.05) is 13.8 Å². The van der Waals surface area contributed by atoms with Gasteiger partial charge in [-0.25, -0.2) is 0 Å². The molecule has 4 aliphatic heterocycles. The standard InChI is InChI=1S/C28H48N2O21/c1-7(35)29-13-23(16(38)10(4-32)45-25(13)44)50-28-21(43)19(41)22(12(6-34)48-28)49-26-14(30-8(2)36)24(17(39)11(5-33)46-26)51-27-20(42)18(40)15(37)9(3-31)47-27/h9-28,31-34,37-44H,3-6H2,1-2H3,(H,29,35)(H,30,36)/t9-,10-,11-,12-,13-,14-,15-,16+,17+,18+,19-,20-,21-,22-,23?,24-,25?,26+,27+,28+/m1/s1. The zero-order valence-electron chi connectivity index (χ0n) is 27.4. The molecule has 23 heteroatoms. The molecule has 0 saturated carbocycles. The first-order chi connectivity index (χ1) is 24.1.